The van der Waals surface area contributed by atoms with Crippen molar-refractivity contribution < 1.29 is 9.53 Å². The largest absolute Gasteiger partial charge is 0.465 e. The average Bonchev–Trinajstić information content (AvgIpc) is 3.20. The first-order chi connectivity index (χ1) is 11.8. The molecule has 1 aromatic heterocycles. The Morgan fingerprint density at radius 1 is 1.17 bits per heavy atom. The monoisotopic (exact) mass is 335 g/mol. The van der Waals surface area contributed by atoms with E-state index < -0.39 is 0 Å². The Kier molecular flexibility index (Phi) is 3.90. The van der Waals surface area contributed by atoms with E-state index in [-0.39, 0.29) is 5.97 Å². The van der Waals surface area contributed by atoms with E-state index in [0.717, 1.165) is 40.8 Å². The number of aryl methyl sites for hydroxylation is 1. The van der Waals surface area contributed by atoms with Gasteiger partial charge in [-0.05, 0) is 35.6 Å². The highest BCUT2D eigenvalue weighted by atomic mass is 32.1. The maximum Gasteiger partial charge on any atom is 0.341 e. The molecule has 0 amide bonds. The SMILES string of the molecule is COC(=O)c1c(N=Cc2cccc3ccccc23)sc2c1CCC2. The summed E-state index contributed by atoms with van der Waals surface area (Å²) in [5.41, 5.74) is 2.85. The van der Waals surface area contributed by atoms with Crippen LogP contribution in [0.25, 0.3) is 10.8 Å². The second kappa shape index (κ2) is 6.21. The molecule has 4 rings (SSSR count). The predicted molar refractivity (Wildman–Crippen MR) is 98.9 cm³/mol. The molecule has 0 radical (unpaired) electrons. The Morgan fingerprint density at radius 2 is 2.00 bits per heavy atom. The van der Waals surface area contributed by atoms with E-state index in [1.807, 2.05) is 30.5 Å². The first kappa shape index (κ1) is 15.1. The molecule has 0 fully saturated rings. The minimum absolute atomic E-state index is 0.278. The molecular weight excluding hydrogens is 318 g/mol. The first-order valence-electron chi connectivity index (χ1n) is 8.02. The van der Waals surface area contributed by atoms with Crippen LogP contribution in [0.3, 0.4) is 0 Å². The second-order valence-corrected chi connectivity index (χ2v) is 6.94. The molecule has 1 aliphatic rings. The van der Waals surface area contributed by atoms with Gasteiger partial charge in [-0.2, -0.15) is 0 Å². The summed E-state index contributed by atoms with van der Waals surface area (Å²) in [6.45, 7) is 0. The van der Waals surface area contributed by atoms with E-state index in [1.165, 1.54) is 17.4 Å². The van der Waals surface area contributed by atoms with Crippen LogP contribution in [0.1, 0.15) is 32.8 Å². The van der Waals surface area contributed by atoms with Crippen LogP contribution in [-0.2, 0) is 17.6 Å². The van der Waals surface area contributed by atoms with Gasteiger partial charge in [0.1, 0.15) is 5.00 Å². The maximum absolute atomic E-state index is 12.2. The summed E-state index contributed by atoms with van der Waals surface area (Å²) in [6.07, 6.45) is 4.95. The predicted octanol–water partition coefficient (Wildman–Crippen LogP) is 4.93. The number of hydrogen-bond acceptors (Lipinski definition) is 4. The van der Waals surface area contributed by atoms with Gasteiger partial charge in [0.05, 0.1) is 12.7 Å². The van der Waals surface area contributed by atoms with E-state index >= 15 is 0 Å². The fraction of sp³-hybridized carbons (Fsp3) is 0.200. The number of carbonyl (C=O) groups excluding carboxylic acids is 1. The van der Waals surface area contributed by atoms with E-state index in [9.17, 15) is 4.79 Å². The van der Waals surface area contributed by atoms with Gasteiger partial charge in [0.15, 0.2) is 0 Å². The lowest BCUT2D eigenvalue weighted by molar-refractivity contribution is 0.0601. The highest BCUT2D eigenvalue weighted by Crippen LogP contribution is 2.41. The molecule has 0 N–H and O–H groups in total. The van der Waals surface area contributed by atoms with Crippen LogP contribution in [0.5, 0.6) is 0 Å². The minimum Gasteiger partial charge on any atom is -0.465 e. The lowest BCUT2D eigenvalue weighted by atomic mass is 10.1. The highest BCUT2D eigenvalue weighted by molar-refractivity contribution is 7.16. The summed E-state index contributed by atoms with van der Waals surface area (Å²) < 4.78 is 4.98. The van der Waals surface area contributed by atoms with Gasteiger partial charge < -0.3 is 4.74 Å². The van der Waals surface area contributed by atoms with E-state index in [1.54, 1.807) is 11.3 Å². The van der Waals surface area contributed by atoms with Crippen molar-refractivity contribution >= 4 is 39.3 Å². The number of esters is 1. The molecule has 0 atom stereocenters. The molecule has 120 valence electrons. The third kappa shape index (κ3) is 2.53. The standard InChI is InChI=1S/C20H17NO2S/c1-23-20(22)18-16-10-5-11-17(16)24-19(18)21-12-14-8-4-7-13-6-2-3-9-15(13)14/h2-4,6-9,12H,5,10-11H2,1H3. The van der Waals surface area contributed by atoms with Crippen molar-refractivity contribution in [3.8, 4) is 0 Å². The molecule has 0 bridgehead atoms. The van der Waals surface area contributed by atoms with Gasteiger partial charge in [-0.1, -0.05) is 42.5 Å². The lowest BCUT2D eigenvalue weighted by Crippen LogP contribution is -2.03. The van der Waals surface area contributed by atoms with E-state index in [4.69, 9.17) is 4.74 Å². The number of thiophene rings is 1. The van der Waals surface area contributed by atoms with Crippen molar-refractivity contribution in [2.45, 2.75) is 19.3 Å². The van der Waals surface area contributed by atoms with Gasteiger partial charge in [-0.3, -0.25) is 0 Å². The molecule has 3 nitrogen and oxygen atoms in total. The molecule has 2 aromatic carbocycles. The third-order valence-electron chi connectivity index (χ3n) is 4.44. The van der Waals surface area contributed by atoms with Crippen LogP contribution in [-0.4, -0.2) is 19.3 Å². The van der Waals surface area contributed by atoms with Crippen LogP contribution in [0.15, 0.2) is 47.5 Å². The number of aliphatic imine (C=N–C) groups is 1. The van der Waals surface area contributed by atoms with Crippen LogP contribution in [0.4, 0.5) is 5.00 Å². The maximum atomic E-state index is 12.2. The van der Waals surface area contributed by atoms with Crippen LogP contribution in [0.2, 0.25) is 0 Å². The quantitative estimate of drug-likeness (QED) is 0.503. The summed E-state index contributed by atoms with van der Waals surface area (Å²) in [6, 6.07) is 14.4. The number of rotatable bonds is 3. The number of hydrogen-bond donors (Lipinski definition) is 0. The summed E-state index contributed by atoms with van der Waals surface area (Å²) in [5, 5.41) is 3.11. The smallest absolute Gasteiger partial charge is 0.341 e. The van der Waals surface area contributed by atoms with Crippen molar-refractivity contribution in [3.05, 3.63) is 64.0 Å². The zero-order valence-corrected chi connectivity index (χ0v) is 14.2. The van der Waals surface area contributed by atoms with Crippen LogP contribution < -0.4 is 0 Å². The fourth-order valence-electron chi connectivity index (χ4n) is 3.28. The molecule has 1 aliphatic carbocycles. The van der Waals surface area contributed by atoms with Gasteiger partial charge in [-0.25, -0.2) is 9.79 Å². The average molecular weight is 335 g/mol. The number of methoxy groups -OCH3 is 1. The van der Waals surface area contributed by atoms with Gasteiger partial charge in [0.2, 0.25) is 0 Å². The van der Waals surface area contributed by atoms with Gasteiger partial charge >= 0.3 is 5.97 Å². The number of benzene rings is 2. The fourth-order valence-corrected chi connectivity index (χ4v) is 4.51. The molecule has 1 heterocycles. The summed E-state index contributed by atoms with van der Waals surface area (Å²) >= 11 is 1.62. The number of carbonyl (C=O) groups is 1. The lowest BCUT2D eigenvalue weighted by Gasteiger charge is -2.03. The number of nitrogens with zero attached hydrogens (tertiary/aromatic N) is 1. The van der Waals surface area contributed by atoms with E-state index in [2.05, 4.69) is 23.2 Å². The van der Waals surface area contributed by atoms with E-state index in [0.29, 0.717) is 5.56 Å². The van der Waals surface area contributed by atoms with Crippen LogP contribution >= 0.6 is 11.3 Å². The van der Waals surface area contributed by atoms with Crippen LogP contribution in [0, 0.1) is 0 Å². The molecule has 24 heavy (non-hydrogen) atoms. The Bertz CT molecular complexity index is 950. The normalized spacial score (nSPS) is 13.5. The Morgan fingerprint density at radius 3 is 2.88 bits per heavy atom. The minimum atomic E-state index is -0.278. The van der Waals surface area contributed by atoms with Crippen molar-refractivity contribution in [3.63, 3.8) is 0 Å². The van der Waals surface area contributed by atoms with Crippen molar-refractivity contribution in [1.82, 2.24) is 0 Å². The molecule has 0 spiro atoms. The Hall–Kier alpha value is -2.46. The highest BCUT2D eigenvalue weighted by Gasteiger charge is 2.26. The molecule has 3 aromatic rings. The molecule has 0 saturated heterocycles. The van der Waals surface area contributed by atoms with Crippen molar-refractivity contribution in [2.75, 3.05) is 7.11 Å². The van der Waals surface area contributed by atoms with Crippen molar-refractivity contribution in [2.24, 2.45) is 4.99 Å². The van der Waals surface area contributed by atoms with Crippen molar-refractivity contribution in [1.29, 1.82) is 0 Å². The first-order valence-corrected chi connectivity index (χ1v) is 8.84. The second-order valence-electron chi connectivity index (χ2n) is 5.86. The molecule has 0 aliphatic heterocycles. The van der Waals surface area contributed by atoms with Gasteiger partial charge in [-0.15, -0.1) is 11.3 Å². The zero-order valence-electron chi connectivity index (χ0n) is 13.4. The third-order valence-corrected chi connectivity index (χ3v) is 5.64. The molecule has 0 saturated carbocycles. The summed E-state index contributed by atoms with van der Waals surface area (Å²) in [7, 11) is 1.43. The van der Waals surface area contributed by atoms with Gasteiger partial charge in [0.25, 0.3) is 0 Å². The summed E-state index contributed by atoms with van der Waals surface area (Å²) in [5.74, 6) is -0.278. The van der Waals surface area contributed by atoms with Gasteiger partial charge in [0, 0.05) is 16.7 Å². The molecular formula is C20H17NO2S. The Balaban J connectivity index is 1.78. The number of fused-ring (bicyclic) bond motifs is 2. The number of ether oxygens (including phenoxy) is 1. The molecule has 0 unspecified atom stereocenters. The zero-order chi connectivity index (χ0) is 16.5. The Labute approximate surface area is 144 Å². The topological polar surface area (TPSA) is 38.7 Å². The summed E-state index contributed by atoms with van der Waals surface area (Å²) in [4.78, 5) is 18.1. The molecule has 4 heteroatoms.